The van der Waals surface area contributed by atoms with E-state index in [4.69, 9.17) is 17.3 Å². The molecule has 9 heteroatoms. The van der Waals surface area contributed by atoms with Crippen molar-refractivity contribution in [3.8, 4) is 11.4 Å². The zero-order chi connectivity index (χ0) is 17.7. The zero-order valence-corrected chi connectivity index (χ0v) is 14.5. The van der Waals surface area contributed by atoms with Crippen molar-refractivity contribution in [2.45, 2.75) is 23.9 Å². The summed E-state index contributed by atoms with van der Waals surface area (Å²) in [4.78, 5) is 22.6. The van der Waals surface area contributed by atoms with Crippen LogP contribution in [0, 0.1) is 0 Å². The van der Waals surface area contributed by atoms with Crippen LogP contribution in [0.4, 0.5) is 4.79 Å². The molecule has 3 N–H and O–H groups in total. The summed E-state index contributed by atoms with van der Waals surface area (Å²) < 4.78 is 1.83. The van der Waals surface area contributed by atoms with E-state index in [0.29, 0.717) is 22.5 Å². The van der Waals surface area contributed by atoms with Crippen LogP contribution in [0.25, 0.3) is 11.4 Å². The van der Waals surface area contributed by atoms with Crippen molar-refractivity contribution in [2.75, 3.05) is 0 Å². The topological polar surface area (TPSA) is 103 Å². The lowest BCUT2D eigenvalue weighted by Gasteiger charge is -2.11. The third kappa shape index (κ3) is 4.36. The van der Waals surface area contributed by atoms with E-state index in [-0.39, 0.29) is 0 Å². The summed E-state index contributed by atoms with van der Waals surface area (Å²) in [5.41, 5.74) is 5.80. The van der Waals surface area contributed by atoms with Crippen LogP contribution in [0.5, 0.6) is 0 Å². The third-order valence-corrected chi connectivity index (χ3v) is 4.36. The number of halogens is 1. The summed E-state index contributed by atoms with van der Waals surface area (Å²) in [7, 11) is 0. The van der Waals surface area contributed by atoms with E-state index in [1.165, 1.54) is 11.8 Å². The molecular weight excluding hydrogens is 350 g/mol. The van der Waals surface area contributed by atoms with E-state index in [9.17, 15) is 9.59 Å². The van der Waals surface area contributed by atoms with Crippen molar-refractivity contribution >= 4 is 35.3 Å². The molecule has 0 aliphatic heterocycles. The van der Waals surface area contributed by atoms with E-state index in [0.717, 1.165) is 5.56 Å². The number of rotatable bonds is 6. The Morgan fingerprint density at radius 3 is 2.67 bits per heavy atom. The lowest BCUT2D eigenvalue weighted by atomic mass is 10.2. The van der Waals surface area contributed by atoms with Gasteiger partial charge in [-0.1, -0.05) is 29.4 Å². The van der Waals surface area contributed by atoms with Crippen molar-refractivity contribution in [1.82, 2.24) is 20.1 Å². The van der Waals surface area contributed by atoms with Gasteiger partial charge in [-0.2, -0.15) is 0 Å². The smallest absolute Gasteiger partial charge is 0.318 e. The van der Waals surface area contributed by atoms with Crippen LogP contribution in [-0.2, 0) is 11.3 Å². The lowest BCUT2D eigenvalue weighted by Crippen LogP contribution is -2.39. The average molecular weight is 366 g/mol. The van der Waals surface area contributed by atoms with Crippen LogP contribution in [0.2, 0.25) is 5.02 Å². The van der Waals surface area contributed by atoms with Crippen LogP contribution in [0.1, 0.15) is 6.92 Å². The Bertz CT molecular complexity index is 760. The minimum absolute atomic E-state index is 0.470. The first-order valence-corrected chi connectivity index (χ1v) is 8.25. The molecule has 24 heavy (non-hydrogen) atoms. The van der Waals surface area contributed by atoms with Gasteiger partial charge in [-0.25, -0.2) is 4.79 Å². The number of nitrogens with two attached hydrogens (primary N) is 1. The number of carbonyl (C=O) groups is 2. The highest BCUT2D eigenvalue weighted by atomic mass is 35.5. The summed E-state index contributed by atoms with van der Waals surface area (Å²) in [6, 6.07) is 6.31. The van der Waals surface area contributed by atoms with Crippen LogP contribution >= 0.6 is 23.4 Å². The first kappa shape index (κ1) is 18.0. The molecule has 1 atom stereocenters. The van der Waals surface area contributed by atoms with Crippen LogP contribution in [0.15, 0.2) is 42.1 Å². The predicted molar refractivity (Wildman–Crippen MR) is 93.7 cm³/mol. The second-order valence-corrected chi connectivity index (χ2v) is 6.57. The molecule has 0 unspecified atom stereocenters. The number of primary amides is 1. The molecule has 0 saturated carbocycles. The maximum absolute atomic E-state index is 11.8. The molecule has 7 nitrogen and oxygen atoms in total. The summed E-state index contributed by atoms with van der Waals surface area (Å²) in [6.45, 7) is 5.85. The van der Waals surface area contributed by atoms with Gasteiger partial charge in [0, 0.05) is 17.1 Å². The first-order valence-electron chi connectivity index (χ1n) is 6.99. The Kier molecular flexibility index (Phi) is 5.99. The second kappa shape index (κ2) is 7.98. The molecule has 0 aliphatic rings. The van der Waals surface area contributed by atoms with Gasteiger partial charge in [-0.3, -0.25) is 14.7 Å². The molecule has 3 amide bonds. The number of imide groups is 1. The molecule has 126 valence electrons. The molecule has 0 fully saturated rings. The number of allylic oxidation sites excluding steroid dienone is 1. The van der Waals surface area contributed by atoms with Crippen molar-refractivity contribution in [2.24, 2.45) is 5.73 Å². The fourth-order valence-electron chi connectivity index (χ4n) is 1.92. The zero-order valence-electron chi connectivity index (χ0n) is 12.9. The summed E-state index contributed by atoms with van der Waals surface area (Å²) in [5, 5.41) is 11.0. The van der Waals surface area contributed by atoms with E-state index in [2.05, 4.69) is 16.8 Å². The van der Waals surface area contributed by atoms with Gasteiger partial charge in [0.1, 0.15) is 0 Å². The van der Waals surface area contributed by atoms with Crippen molar-refractivity contribution in [3.05, 3.63) is 41.9 Å². The molecule has 1 aromatic heterocycles. The molecule has 0 spiro atoms. The van der Waals surface area contributed by atoms with Crippen LogP contribution in [-0.4, -0.2) is 32.0 Å². The van der Waals surface area contributed by atoms with Crippen molar-refractivity contribution in [3.63, 3.8) is 0 Å². The number of hydrogen-bond acceptors (Lipinski definition) is 5. The SMILES string of the molecule is C=CCn1c(S[C@H](C)C(=O)NC(N)=O)nnc1-c1ccc(Cl)cc1. The van der Waals surface area contributed by atoms with E-state index >= 15 is 0 Å². The maximum atomic E-state index is 11.8. The molecule has 2 aromatic rings. The highest BCUT2D eigenvalue weighted by molar-refractivity contribution is 8.00. The second-order valence-electron chi connectivity index (χ2n) is 4.83. The van der Waals surface area contributed by atoms with Crippen LogP contribution in [0.3, 0.4) is 0 Å². The number of thioether (sulfide) groups is 1. The largest absolute Gasteiger partial charge is 0.351 e. The first-order chi connectivity index (χ1) is 11.4. The van der Waals surface area contributed by atoms with Crippen molar-refractivity contribution < 1.29 is 9.59 Å². The molecular formula is C15H16ClN5O2S. The summed E-state index contributed by atoms with van der Waals surface area (Å²) in [5.74, 6) is 0.144. The number of nitrogens with one attached hydrogen (secondary N) is 1. The van der Waals surface area contributed by atoms with Gasteiger partial charge in [0.25, 0.3) is 0 Å². The Labute approximate surface area is 148 Å². The Morgan fingerprint density at radius 2 is 2.08 bits per heavy atom. The molecule has 0 saturated heterocycles. The molecule has 1 aromatic carbocycles. The molecule has 1 heterocycles. The van der Waals surface area contributed by atoms with E-state index in [1.54, 1.807) is 25.1 Å². The number of nitrogens with zero attached hydrogens (tertiary/aromatic N) is 3. The van der Waals surface area contributed by atoms with Gasteiger partial charge >= 0.3 is 6.03 Å². The monoisotopic (exact) mass is 365 g/mol. The maximum Gasteiger partial charge on any atom is 0.318 e. The third-order valence-electron chi connectivity index (χ3n) is 3.03. The van der Waals surface area contributed by atoms with Gasteiger partial charge in [-0.05, 0) is 31.2 Å². The van der Waals surface area contributed by atoms with E-state index in [1.807, 2.05) is 22.0 Å². The van der Waals surface area contributed by atoms with Gasteiger partial charge in [0.15, 0.2) is 11.0 Å². The molecule has 0 aliphatic carbocycles. The number of hydrogen-bond donors (Lipinski definition) is 2. The molecule has 0 bridgehead atoms. The fourth-order valence-corrected chi connectivity index (χ4v) is 2.90. The minimum Gasteiger partial charge on any atom is -0.351 e. The van der Waals surface area contributed by atoms with Gasteiger partial charge < -0.3 is 5.73 Å². The van der Waals surface area contributed by atoms with E-state index < -0.39 is 17.2 Å². The Morgan fingerprint density at radius 1 is 1.42 bits per heavy atom. The van der Waals surface area contributed by atoms with Gasteiger partial charge in [-0.15, -0.1) is 16.8 Å². The average Bonchev–Trinajstić information content (AvgIpc) is 2.90. The van der Waals surface area contributed by atoms with Crippen LogP contribution < -0.4 is 11.1 Å². The molecule has 0 radical (unpaired) electrons. The normalized spacial score (nSPS) is 11.8. The predicted octanol–water partition coefficient (Wildman–Crippen LogP) is 2.46. The lowest BCUT2D eigenvalue weighted by molar-refractivity contribution is -0.119. The fraction of sp³-hybridized carbons (Fsp3) is 0.200. The summed E-state index contributed by atoms with van der Waals surface area (Å²) in [6.07, 6.45) is 1.71. The highest BCUT2D eigenvalue weighted by Gasteiger charge is 2.21. The number of amides is 3. The number of carbonyl (C=O) groups excluding carboxylic acids is 2. The molecule has 2 rings (SSSR count). The van der Waals surface area contributed by atoms with Gasteiger partial charge in [0.05, 0.1) is 5.25 Å². The number of urea groups is 1. The standard InChI is InChI=1S/C15H16ClN5O2S/c1-3-8-21-12(10-4-6-11(16)7-5-10)19-20-15(21)24-9(2)13(22)18-14(17)23/h3-7,9H,1,8H2,2H3,(H3,17,18,22,23)/t9-/m1/s1. The number of benzene rings is 1. The Hall–Kier alpha value is -2.32. The highest BCUT2D eigenvalue weighted by Crippen LogP contribution is 2.27. The van der Waals surface area contributed by atoms with Crippen molar-refractivity contribution in [1.29, 1.82) is 0 Å². The number of aromatic nitrogens is 3. The quantitative estimate of drug-likeness (QED) is 0.604. The Balaban J connectivity index is 2.27. The minimum atomic E-state index is -0.887. The van der Waals surface area contributed by atoms with Gasteiger partial charge in [0.2, 0.25) is 5.91 Å². The summed E-state index contributed by atoms with van der Waals surface area (Å²) >= 11 is 7.08.